The first-order valence-corrected chi connectivity index (χ1v) is 5.55. The molecule has 2 heteroatoms. The molecule has 0 bridgehead atoms. The van der Waals surface area contributed by atoms with Crippen LogP contribution in [-0.4, -0.2) is 6.04 Å². The van der Waals surface area contributed by atoms with Crippen molar-refractivity contribution in [2.75, 3.05) is 0 Å². The quantitative estimate of drug-likeness (QED) is 0.543. The van der Waals surface area contributed by atoms with E-state index in [1.165, 1.54) is 0 Å². The third-order valence-electron chi connectivity index (χ3n) is 3.31. The average Bonchev–Trinajstić information content (AvgIpc) is 1.95. The topological polar surface area (TPSA) is 38.0 Å². The molecule has 2 atom stereocenters. The van der Waals surface area contributed by atoms with Gasteiger partial charge in [0.05, 0.1) is 0 Å². The van der Waals surface area contributed by atoms with Crippen LogP contribution in [0.25, 0.3) is 0 Å². The Bertz CT molecular complexity index is 162. The minimum Gasteiger partial charge on any atom is -0.271 e. The molecule has 0 aromatic carbocycles. The summed E-state index contributed by atoms with van der Waals surface area (Å²) in [4.78, 5) is 0. The van der Waals surface area contributed by atoms with Gasteiger partial charge in [-0.25, -0.2) is 0 Å². The summed E-state index contributed by atoms with van der Waals surface area (Å²) < 4.78 is 0. The van der Waals surface area contributed by atoms with Crippen LogP contribution in [0.1, 0.15) is 54.9 Å². The second-order valence-corrected chi connectivity index (χ2v) is 6.59. The molecule has 2 unspecified atom stereocenters. The van der Waals surface area contributed by atoms with Crippen molar-refractivity contribution >= 4 is 0 Å². The highest BCUT2D eigenvalue weighted by Gasteiger charge is 2.29. The van der Waals surface area contributed by atoms with Crippen LogP contribution < -0.4 is 11.3 Å². The van der Waals surface area contributed by atoms with Gasteiger partial charge in [0.1, 0.15) is 0 Å². The maximum absolute atomic E-state index is 5.60. The van der Waals surface area contributed by atoms with Crippen LogP contribution in [-0.2, 0) is 0 Å². The van der Waals surface area contributed by atoms with Gasteiger partial charge in [-0.2, -0.15) is 0 Å². The van der Waals surface area contributed by atoms with E-state index in [4.69, 9.17) is 5.84 Å². The number of hydrazine groups is 1. The van der Waals surface area contributed by atoms with Crippen molar-refractivity contribution in [2.24, 2.45) is 22.6 Å². The smallest absolute Gasteiger partial charge is 0.0261 e. The molecular formula is C12H28N2. The van der Waals surface area contributed by atoms with Gasteiger partial charge in [-0.1, -0.05) is 48.5 Å². The van der Waals surface area contributed by atoms with Gasteiger partial charge in [-0.05, 0) is 23.2 Å². The Morgan fingerprint density at radius 3 is 1.64 bits per heavy atom. The Balaban J connectivity index is 4.34. The van der Waals surface area contributed by atoms with Crippen LogP contribution in [0.4, 0.5) is 0 Å². The molecule has 14 heavy (non-hydrogen) atoms. The third kappa shape index (κ3) is 4.43. The summed E-state index contributed by atoms with van der Waals surface area (Å²) in [6, 6.07) is 0.386. The summed E-state index contributed by atoms with van der Waals surface area (Å²) in [6.07, 6.45) is 1.13. The number of nitrogens with one attached hydrogen (secondary N) is 1. The second kappa shape index (κ2) is 4.63. The molecule has 0 rings (SSSR count). The highest BCUT2D eigenvalue weighted by molar-refractivity contribution is 4.83. The van der Waals surface area contributed by atoms with Crippen LogP contribution in [0.5, 0.6) is 0 Å². The molecule has 0 amide bonds. The highest BCUT2D eigenvalue weighted by Crippen LogP contribution is 2.33. The molecule has 0 fully saturated rings. The van der Waals surface area contributed by atoms with E-state index >= 15 is 0 Å². The van der Waals surface area contributed by atoms with Crippen molar-refractivity contribution in [3.8, 4) is 0 Å². The number of hydrogen-bond donors (Lipinski definition) is 2. The molecule has 0 saturated heterocycles. The molecule has 0 aliphatic carbocycles. The van der Waals surface area contributed by atoms with E-state index in [0.29, 0.717) is 17.4 Å². The maximum atomic E-state index is 5.60. The van der Waals surface area contributed by atoms with Gasteiger partial charge in [0.15, 0.2) is 0 Å². The minimum absolute atomic E-state index is 0.230. The largest absolute Gasteiger partial charge is 0.271 e. The fourth-order valence-electron chi connectivity index (χ4n) is 1.38. The summed E-state index contributed by atoms with van der Waals surface area (Å²) in [7, 11) is 0. The Hall–Kier alpha value is -0.0800. The van der Waals surface area contributed by atoms with Crippen LogP contribution >= 0.6 is 0 Å². The molecule has 0 aliphatic rings. The van der Waals surface area contributed by atoms with E-state index in [0.717, 1.165) is 6.42 Å². The lowest BCUT2D eigenvalue weighted by molar-refractivity contribution is 0.168. The van der Waals surface area contributed by atoms with Crippen molar-refractivity contribution in [3.05, 3.63) is 0 Å². The standard InChI is InChI=1S/C12H28N2/c1-9(11(2,3)4)8-10(14-13)12(5,6)7/h9-10,14H,8,13H2,1-7H3. The number of hydrogen-bond acceptors (Lipinski definition) is 2. The van der Waals surface area contributed by atoms with Gasteiger partial charge in [0.2, 0.25) is 0 Å². The Morgan fingerprint density at radius 2 is 1.43 bits per heavy atom. The zero-order valence-corrected chi connectivity index (χ0v) is 10.9. The molecule has 0 aliphatic heterocycles. The zero-order chi connectivity index (χ0) is 11.6. The molecule has 86 valence electrons. The van der Waals surface area contributed by atoms with E-state index in [2.05, 4.69) is 53.9 Å². The Morgan fingerprint density at radius 1 is 1.00 bits per heavy atom. The molecule has 3 N–H and O–H groups in total. The predicted molar refractivity (Wildman–Crippen MR) is 63.8 cm³/mol. The van der Waals surface area contributed by atoms with Gasteiger partial charge in [0, 0.05) is 6.04 Å². The number of rotatable bonds is 3. The third-order valence-corrected chi connectivity index (χ3v) is 3.31. The predicted octanol–water partition coefficient (Wildman–Crippen LogP) is 2.94. The fraction of sp³-hybridized carbons (Fsp3) is 1.00. The molecule has 2 nitrogen and oxygen atoms in total. The monoisotopic (exact) mass is 200 g/mol. The summed E-state index contributed by atoms with van der Waals surface area (Å²) >= 11 is 0. The van der Waals surface area contributed by atoms with Gasteiger partial charge < -0.3 is 0 Å². The number of nitrogens with two attached hydrogens (primary N) is 1. The molecule has 0 spiro atoms. The zero-order valence-electron chi connectivity index (χ0n) is 10.9. The maximum Gasteiger partial charge on any atom is 0.0261 e. The van der Waals surface area contributed by atoms with Crippen molar-refractivity contribution in [2.45, 2.75) is 60.9 Å². The summed E-state index contributed by atoms with van der Waals surface area (Å²) in [6.45, 7) is 15.8. The average molecular weight is 200 g/mol. The first kappa shape index (κ1) is 13.9. The van der Waals surface area contributed by atoms with Crippen molar-refractivity contribution < 1.29 is 0 Å². The molecular weight excluding hydrogens is 172 g/mol. The van der Waals surface area contributed by atoms with Crippen molar-refractivity contribution in [3.63, 3.8) is 0 Å². The summed E-state index contributed by atoms with van der Waals surface area (Å²) in [5, 5.41) is 0. The lowest BCUT2D eigenvalue weighted by Gasteiger charge is -2.36. The minimum atomic E-state index is 0.230. The lowest BCUT2D eigenvalue weighted by Crippen LogP contribution is -2.46. The van der Waals surface area contributed by atoms with Gasteiger partial charge in [-0.15, -0.1) is 0 Å². The molecule has 0 heterocycles. The van der Waals surface area contributed by atoms with Crippen molar-refractivity contribution in [1.82, 2.24) is 5.43 Å². The molecule has 0 saturated carbocycles. The highest BCUT2D eigenvalue weighted by atomic mass is 15.2. The van der Waals surface area contributed by atoms with E-state index in [1.807, 2.05) is 0 Å². The summed E-state index contributed by atoms with van der Waals surface area (Å²) in [5.41, 5.74) is 3.54. The van der Waals surface area contributed by atoms with Gasteiger partial charge in [-0.3, -0.25) is 11.3 Å². The first-order valence-electron chi connectivity index (χ1n) is 5.55. The van der Waals surface area contributed by atoms with E-state index in [9.17, 15) is 0 Å². The van der Waals surface area contributed by atoms with Crippen LogP contribution in [0.2, 0.25) is 0 Å². The fourth-order valence-corrected chi connectivity index (χ4v) is 1.38. The lowest BCUT2D eigenvalue weighted by atomic mass is 9.74. The van der Waals surface area contributed by atoms with E-state index in [1.54, 1.807) is 0 Å². The Labute approximate surface area is 89.6 Å². The molecule has 0 aromatic heterocycles. The molecule has 0 aromatic rings. The van der Waals surface area contributed by atoms with E-state index < -0.39 is 0 Å². The van der Waals surface area contributed by atoms with Gasteiger partial charge in [0.25, 0.3) is 0 Å². The van der Waals surface area contributed by atoms with Crippen LogP contribution in [0, 0.1) is 16.7 Å². The first-order chi connectivity index (χ1) is 6.09. The van der Waals surface area contributed by atoms with E-state index in [-0.39, 0.29) is 5.41 Å². The summed E-state index contributed by atoms with van der Waals surface area (Å²) in [5.74, 6) is 6.27. The van der Waals surface area contributed by atoms with Crippen LogP contribution in [0.3, 0.4) is 0 Å². The Kier molecular flexibility index (Phi) is 4.60. The second-order valence-electron chi connectivity index (χ2n) is 6.59. The van der Waals surface area contributed by atoms with Gasteiger partial charge >= 0.3 is 0 Å². The van der Waals surface area contributed by atoms with Crippen molar-refractivity contribution in [1.29, 1.82) is 0 Å². The normalized spacial score (nSPS) is 18.0. The SMILES string of the molecule is CC(CC(NN)C(C)(C)C)C(C)(C)C. The van der Waals surface area contributed by atoms with Crippen LogP contribution in [0.15, 0.2) is 0 Å². The molecule has 0 radical (unpaired) electrons.